The van der Waals surface area contributed by atoms with Crippen molar-refractivity contribution < 1.29 is 9.59 Å². The van der Waals surface area contributed by atoms with E-state index in [0.717, 1.165) is 6.42 Å². The van der Waals surface area contributed by atoms with Crippen LogP contribution in [0.25, 0.3) is 0 Å². The van der Waals surface area contributed by atoms with Crippen molar-refractivity contribution in [1.82, 2.24) is 9.80 Å². The molecule has 1 unspecified atom stereocenters. The van der Waals surface area contributed by atoms with Gasteiger partial charge in [0.15, 0.2) is 0 Å². The van der Waals surface area contributed by atoms with E-state index < -0.39 is 0 Å². The molecule has 1 heterocycles. The van der Waals surface area contributed by atoms with Crippen LogP contribution in [0.4, 0.5) is 4.79 Å². The van der Waals surface area contributed by atoms with Crippen molar-refractivity contribution >= 4 is 11.9 Å². The molecule has 2 aliphatic rings. The number of amides is 3. The van der Waals surface area contributed by atoms with Crippen LogP contribution >= 0.6 is 0 Å². The monoisotopic (exact) mass is 224 g/mol. The van der Waals surface area contributed by atoms with Gasteiger partial charge < -0.3 is 4.90 Å². The summed E-state index contributed by atoms with van der Waals surface area (Å²) in [5.41, 5.74) is 0. The van der Waals surface area contributed by atoms with Gasteiger partial charge in [0.1, 0.15) is 6.04 Å². The number of nitrogens with zero attached hydrogens (tertiary/aromatic N) is 2. The summed E-state index contributed by atoms with van der Waals surface area (Å²) in [6.45, 7) is 0. The first kappa shape index (κ1) is 11.4. The molecule has 3 amide bonds. The minimum absolute atomic E-state index is 0.0296. The van der Waals surface area contributed by atoms with Gasteiger partial charge in [0.05, 0.1) is 0 Å². The number of rotatable bonds is 2. The van der Waals surface area contributed by atoms with Crippen LogP contribution < -0.4 is 0 Å². The van der Waals surface area contributed by atoms with Crippen molar-refractivity contribution in [2.45, 2.75) is 44.6 Å². The van der Waals surface area contributed by atoms with E-state index in [0.29, 0.717) is 5.92 Å². The van der Waals surface area contributed by atoms with Crippen LogP contribution in [-0.2, 0) is 4.79 Å². The number of carbonyl (C=O) groups is 2. The molecule has 1 atom stereocenters. The number of hydrogen-bond acceptors (Lipinski definition) is 2. The van der Waals surface area contributed by atoms with Crippen LogP contribution in [0.15, 0.2) is 0 Å². The smallest absolute Gasteiger partial charge is 0.315 e. The molecule has 0 N–H and O–H groups in total. The fraction of sp³-hybridized carbons (Fsp3) is 0.833. The summed E-state index contributed by atoms with van der Waals surface area (Å²) >= 11 is 0. The van der Waals surface area contributed by atoms with Crippen LogP contribution in [0.2, 0.25) is 0 Å². The Hall–Kier alpha value is -1.06. The lowest BCUT2D eigenvalue weighted by molar-refractivity contribution is -0.127. The zero-order chi connectivity index (χ0) is 11.7. The van der Waals surface area contributed by atoms with Gasteiger partial charge in [-0.25, -0.2) is 4.79 Å². The van der Waals surface area contributed by atoms with Gasteiger partial charge in [-0.05, 0) is 12.3 Å². The van der Waals surface area contributed by atoms with E-state index in [-0.39, 0.29) is 18.0 Å². The minimum atomic E-state index is -0.208. The Labute approximate surface area is 96.6 Å². The Morgan fingerprint density at radius 3 is 2.25 bits per heavy atom. The lowest BCUT2D eigenvalue weighted by Crippen LogP contribution is -2.33. The van der Waals surface area contributed by atoms with Gasteiger partial charge >= 0.3 is 6.03 Å². The molecule has 4 nitrogen and oxygen atoms in total. The molecule has 90 valence electrons. The molecule has 1 saturated heterocycles. The summed E-state index contributed by atoms with van der Waals surface area (Å²) in [6, 6.07) is -0.369. The molecule has 0 radical (unpaired) electrons. The summed E-state index contributed by atoms with van der Waals surface area (Å²) in [6.07, 6.45) is 7.17. The maximum absolute atomic E-state index is 11.9. The van der Waals surface area contributed by atoms with Gasteiger partial charge in [0, 0.05) is 14.1 Å². The van der Waals surface area contributed by atoms with Crippen molar-refractivity contribution in [2.75, 3.05) is 14.1 Å². The molecule has 0 aromatic carbocycles. The van der Waals surface area contributed by atoms with Crippen molar-refractivity contribution in [3.63, 3.8) is 0 Å². The highest BCUT2D eigenvalue weighted by Crippen LogP contribution is 2.30. The summed E-state index contributed by atoms with van der Waals surface area (Å²) in [7, 11) is 3.30. The highest BCUT2D eigenvalue weighted by Gasteiger charge is 2.41. The summed E-state index contributed by atoms with van der Waals surface area (Å²) in [5.74, 6) is 0.600. The quantitative estimate of drug-likeness (QED) is 0.672. The van der Waals surface area contributed by atoms with Gasteiger partial charge in [-0.1, -0.05) is 32.1 Å². The summed E-state index contributed by atoms with van der Waals surface area (Å²) in [4.78, 5) is 26.3. The van der Waals surface area contributed by atoms with E-state index in [1.54, 1.807) is 19.0 Å². The molecule has 1 aliphatic carbocycles. The molecule has 0 spiro atoms. The molecule has 16 heavy (non-hydrogen) atoms. The predicted octanol–water partition coefficient (Wildman–Crippen LogP) is 1.85. The van der Waals surface area contributed by atoms with Gasteiger partial charge in [0.2, 0.25) is 0 Å². The predicted molar refractivity (Wildman–Crippen MR) is 60.9 cm³/mol. The Bertz CT molecular complexity index is 297. The topological polar surface area (TPSA) is 40.6 Å². The Morgan fingerprint density at radius 2 is 1.75 bits per heavy atom. The van der Waals surface area contributed by atoms with Gasteiger partial charge in [0.25, 0.3) is 5.91 Å². The molecule has 0 aromatic heterocycles. The maximum Gasteiger partial charge on any atom is 0.326 e. The fourth-order valence-electron chi connectivity index (χ4n) is 2.85. The zero-order valence-electron chi connectivity index (χ0n) is 10.1. The van der Waals surface area contributed by atoms with Crippen LogP contribution in [0.5, 0.6) is 0 Å². The first-order valence-electron chi connectivity index (χ1n) is 6.15. The lowest BCUT2D eigenvalue weighted by atomic mass is 9.84. The third-order valence-electron chi connectivity index (χ3n) is 3.95. The zero-order valence-corrected chi connectivity index (χ0v) is 10.1. The van der Waals surface area contributed by atoms with Gasteiger partial charge in [-0.2, -0.15) is 0 Å². The van der Waals surface area contributed by atoms with Gasteiger partial charge in [-0.15, -0.1) is 0 Å². The normalized spacial score (nSPS) is 28.0. The van der Waals surface area contributed by atoms with Crippen LogP contribution in [-0.4, -0.2) is 41.9 Å². The highest BCUT2D eigenvalue weighted by atomic mass is 16.2. The highest BCUT2D eigenvalue weighted by molar-refractivity contribution is 6.03. The van der Waals surface area contributed by atoms with E-state index >= 15 is 0 Å². The molecule has 1 aliphatic heterocycles. The number of imide groups is 1. The van der Waals surface area contributed by atoms with E-state index in [4.69, 9.17) is 0 Å². The molecule has 4 heteroatoms. The minimum Gasteiger partial charge on any atom is -0.315 e. The van der Waals surface area contributed by atoms with Crippen LogP contribution in [0.1, 0.15) is 38.5 Å². The Kier molecular flexibility index (Phi) is 3.17. The largest absolute Gasteiger partial charge is 0.326 e. The molecular weight excluding hydrogens is 204 g/mol. The van der Waals surface area contributed by atoms with E-state index in [1.807, 2.05) is 0 Å². The number of likely N-dealkylation sites (N-methyl/N-ethyl adjacent to an activating group) is 2. The third-order valence-corrected chi connectivity index (χ3v) is 3.95. The average Bonchev–Trinajstić information content (AvgIpc) is 2.48. The maximum atomic E-state index is 11.9. The Morgan fingerprint density at radius 1 is 1.12 bits per heavy atom. The van der Waals surface area contributed by atoms with Crippen molar-refractivity contribution in [2.24, 2.45) is 5.92 Å². The number of urea groups is 1. The SMILES string of the molecule is CN1C(=O)C(CC2CCCCC2)N(C)C1=O. The summed E-state index contributed by atoms with van der Waals surface area (Å²) in [5, 5.41) is 0. The average molecular weight is 224 g/mol. The standard InChI is InChI=1S/C12H20N2O2/c1-13-10(11(15)14(2)12(13)16)8-9-6-4-3-5-7-9/h9-10H,3-8H2,1-2H3. The van der Waals surface area contributed by atoms with Crippen molar-refractivity contribution in [1.29, 1.82) is 0 Å². The van der Waals surface area contributed by atoms with Gasteiger partial charge in [-0.3, -0.25) is 9.69 Å². The number of hydrogen-bond donors (Lipinski definition) is 0. The van der Waals surface area contributed by atoms with Crippen molar-refractivity contribution in [3.05, 3.63) is 0 Å². The second-order valence-corrected chi connectivity index (χ2v) is 5.05. The van der Waals surface area contributed by atoms with Crippen LogP contribution in [0, 0.1) is 5.92 Å². The second-order valence-electron chi connectivity index (χ2n) is 5.05. The number of carbonyl (C=O) groups excluding carboxylic acids is 2. The molecule has 0 aromatic rings. The van der Waals surface area contributed by atoms with E-state index in [1.165, 1.54) is 37.0 Å². The summed E-state index contributed by atoms with van der Waals surface area (Å²) < 4.78 is 0. The molecule has 0 bridgehead atoms. The van der Waals surface area contributed by atoms with Crippen LogP contribution in [0.3, 0.4) is 0 Å². The first-order chi connectivity index (χ1) is 7.61. The molecular formula is C12H20N2O2. The molecule has 2 rings (SSSR count). The third kappa shape index (κ3) is 1.93. The fourth-order valence-corrected chi connectivity index (χ4v) is 2.85. The van der Waals surface area contributed by atoms with Crippen molar-refractivity contribution in [3.8, 4) is 0 Å². The lowest BCUT2D eigenvalue weighted by Gasteiger charge is -2.25. The molecule has 2 fully saturated rings. The van der Waals surface area contributed by atoms with E-state index in [2.05, 4.69) is 0 Å². The molecule has 1 saturated carbocycles. The Balaban J connectivity index is 1.98. The van der Waals surface area contributed by atoms with E-state index in [9.17, 15) is 9.59 Å². The first-order valence-corrected chi connectivity index (χ1v) is 6.15. The second kappa shape index (κ2) is 4.44.